The Balaban J connectivity index is 2.11. The molecule has 0 spiro atoms. The summed E-state index contributed by atoms with van der Waals surface area (Å²) in [5.74, 6) is -0.541. The van der Waals surface area contributed by atoms with Crippen LogP contribution in [0.5, 0.6) is 5.75 Å². The number of hydrogen-bond acceptors (Lipinski definition) is 4. The first-order valence-corrected chi connectivity index (χ1v) is 7.03. The predicted octanol–water partition coefficient (Wildman–Crippen LogP) is 0.890. The molecule has 0 aliphatic carbocycles. The summed E-state index contributed by atoms with van der Waals surface area (Å²) in [7, 11) is -1.95. The summed E-state index contributed by atoms with van der Waals surface area (Å²) in [6.07, 6.45) is 2.55. The Bertz CT molecular complexity index is 891. The van der Waals surface area contributed by atoms with Crippen LogP contribution in [-0.2, 0) is 0 Å². The Hall–Kier alpha value is -2.83. The van der Waals surface area contributed by atoms with Crippen molar-refractivity contribution in [2.75, 3.05) is 0 Å². The van der Waals surface area contributed by atoms with Crippen molar-refractivity contribution in [3.05, 3.63) is 77.2 Å². The van der Waals surface area contributed by atoms with Crippen molar-refractivity contribution in [1.29, 1.82) is 0 Å². The van der Waals surface area contributed by atoms with E-state index in [1.54, 1.807) is 6.07 Å². The van der Waals surface area contributed by atoms with Gasteiger partial charge in [0.2, 0.25) is 5.43 Å². The highest BCUT2D eigenvalue weighted by Crippen LogP contribution is 2.22. The minimum Gasteiger partial charge on any atom is -0.503 e. The van der Waals surface area contributed by atoms with Gasteiger partial charge in [-0.15, -0.1) is 0 Å². The molecule has 1 heterocycles. The van der Waals surface area contributed by atoms with Crippen LogP contribution < -0.4 is 10.9 Å². The standard InChI is InChI=1S/C17H14BNO4/c20-16-11-19(10-15(17(16)21)18(22)23)14-8-4-7-13(9-14)12-5-2-1-3-6-12/h1-11,20,22-23H. The zero-order valence-electron chi connectivity index (χ0n) is 12.1. The number of hydrogen-bond donors (Lipinski definition) is 3. The van der Waals surface area contributed by atoms with E-state index in [4.69, 9.17) is 0 Å². The SMILES string of the molecule is O=c1c(O)cn(-c2cccc(-c3ccccc3)c2)cc1B(O)O. The molecule has 5 nitrogen and oxygen atoms in total. The lowest BCUT2D eigenvalue weighted by atomic mass is 9.81. The minimum atomic E-state index is -1.95. The van der Waals surface area contributed by atoms with Gasteiger partial charge in [-0.05, 0) is 23.3 Å². The number of benzene rings is 2. The van der Waals surface area contributed by atoms with Crippen molar-refractivity contribution >= 4 is 12.6 Å². The van der Waals surface area contributed by atoms with Gasteiger partial charge >= 0.3 is 7.12 Å². The maximum Gasteiger partial charge on any atom is 0.494 e. The lowest BCUT2D eigenvalue weighted by Gasteiger charge is -2.11. The predicted molar refractivity (Wildman–Crippen MR) is 89.0 cm³/mol. The van der Waals surface area contributed by atoms with Gasteiger partial charge in [0.05, 0.1) is 11.7 Å². The van der Waals surface area contributed by atoms with Crippen LogP contribution >= 0.6 is 0 Å². The number of rotatable bonds is 3. The number of pyridine rings is 1. The highest BCUT2D eigenvalue weighted by atomic mass is 16.4. The van der Waals surface area contributed by atoms with Crippen molar-refractivity contribution in [2.24, 2.45) is 0 Å². The second-order valence-corrected chi connectivity index (χ2v) is 5.13. The normalized spacial score (nSPS) is 10.5. The molecule has 0 radical (unpaired) electrons. The van der Waals surface area contributed by atoms with E-state index in [9.17, 15) is 19.9 Å². The summed E-state index contributed by atoms with van der Waals surface area (Å²) in [6.45, 7) is 0. The zero-order chi connectivity index (χ0) is 16.4. The lowest BCUT2D eigenvalue weighted by molar-refractivity contribution is 0.423. The van der Waals surface area contributed by atoms with Crippen LogP contribution in [0.3, 0.4) is 0 Å². The molecule has 0 atom stereocenters. The van der Waals surface area contributed by atoms with Crippen molar-refractivity contribution in [2.45, 2.75) is 0 Å². The third-order valence-electron chi connectivity index (χ3n) is 3.56. The fourth-order valence-corrected chi connectivity index (χ4v) is 2.39. The summed E-state index contributed by atoms with van der Waals surface area (Å²) < 4.78 is 1.48. The van der Waals surface area contributed by atoms with Gasteiger partial charge in [0.15, 0.2) is 5.75 Å². The molecule has 0 aliphatic rings. The molecule has 6 heteroatoms. The van der Waals surface area contributed by atoms with Crippen LogP contribution in [0, 0.1) is 0 Å². The first kappa shape index (κ1) is 15.1. The molecule has 23 heavy (non-hydrogen) atoms. The van der Waals surface area contributed by atoms with Crippen molar-refractivity contribution < 1.29 is 15.2 Å². The van der Waals surface area contributed by atoms with Crippen LogP contribution in [0.1, 0.15) is 0 Å². The largest absolute Gasteiger partial charge is 0.503 e. The summed E-state index contributed by atoms with van der Waals surface area (Å²) in [6, 6.07) is 17.2. The van der Waals surface area contributed by atoms with Crippen molar-refractivity contribution in [1.82, 2.24) is 4.57 Å². The molecule has 0 amide bonds. The molecule has 1 aromatic heterocycles. The molecule has 114 valence electrons. The zero-order valence-corrected chi connectivity index (χ0v) is 12.1. The number of aromatic nitrogens is 1. The molecule has 0 saturated carbocycles. The molecular weight excluding hydrogens is 293 g/mol. The summed E-state index contributed by atoms with van der Waals surface area (Å²) in [5.41, 5.74) is 1.60. The molecule has 0 bridgehead atoms. The average molecular weight is 307 g/mol. The van der Waals surface area contributed by atoms with Crippen molar-refractivity contribution in [3.8, 4) is 22.6 Å². The molecule has 3 aromatic rings. The maximum absolute atomic E-state index is 11.7. The van der Waals surface area contributed by atoms with Gasteiger partial charge in [-0.25, -0.2) is 0 Å². The summed E-state index contributed by atoms with van der Waals surface area (Å²) >= 11 is 0. The molecule has 0 unspecified atom stereocenters. The van der Waals surface area contributed by atoms with Gasteiger partial charge in [-0.2, -0.15) is 0 Å². The Labute approximate surface area is 132 Å². The Kier molecular flexibility index (Phi) is 4.01. The van der Waals surface area contributed by atoms with Gasteiger partial charge in [0.1, 0.15) is 0 Å². The summed E-state index contributed by atoms with van der Waals surface area (Å²) in [4.78, 5) is 11.7. The van der Waals surface area contributed by atoms with E-state index < -0.39 is 18.3 Å². The average Bonchev–Trinajstić information content (AvgIpc) is 2.58. The van der Waals surface area contributed by atoms with Gasteiger partial charge in [-0.1, -0.05) is 42.5 Å². The van der Waals surface area contributed by atoms with E-state index in [-0.39, 0.29) is 5.46 Å². The second kappa shape index (κ2) is 6.12. The second-order valence-electron chi connectivity index (χ2n) is 5.13. The van der Waals surface area contributed by atoms with E-state index in [2.05, 4.69) is 0 Å². The fourth-order valence-electron chi connectivity index (χ4n) is 2.39. The van der Waals surface area contributed by atoms with E-state index >= 15 is 0 Å². The van der Waals surface area contributed by atoms with E-state index in [1.807, 2.05) is 48.5 Å². The quantitative estimate of drug-likeness (QED) is 0.628. The van der Waals surface area contributed by atoms with E-state index in [0.717, 1.165) is 11.1 Å². The Morgan fingerprint density at radius 3 is 2.26 bits per heavy atom. The minimum absolute atomic E-state index is 0.282. The highest BCUT2D eigenvalue weighted by Gasteiger charge is 2.19. The highest BCUT2D eigenvalue weighted by molar-refractivity contribution is 6.58. The van der Waals surface area contributed by atoms with Gasteiger partial charge in [0.25, 0.3) is 0 Å². The monoisotopic (exact) mass is 307 g/mol. The third kappa shape index (κ3) is 3.03. The topological polar surface area (TPSA) is 82.7 Å². The van der Waals surface area contributed by atoms with Gasteiger partial charge < -0.3 is 19.7 Å². The Morgan fingerprint density at radius 2 is 1.57 bits per heavy atom. The molecule has 0 aliphatic heterocycles. The number of aromatic hydroxyl groups is 1. The van der Waals surface area contributed by atoms with Gasteiger partial charge in [0, 0.05) is 11.9 Å². The van der Waals surface area contributed by atoms with Gasteiger partial charge in [-0.3, -0.25) is 4.79 Å². The van der Waals surface area contributed by atoms with Crippen LogP contribution in [0.2, 0.25) is 0 Å². The molecule has 0 fully saturated rings. The first-order chi connectivity index (χ1) is 11.1. The fraction of sp³-hybridized carbons (Fsp3) is 0. The maximum atomic E-state index is 11.7. The van der Waals surface area contributed by atoms with Crippen LogP contribution in [0.25, 0.3) is 16.8 Å². The Morgan fingerprint density at radius 1 is 0.870 bits per heavy atom. The van der Waals surface area contributed by atoms with E-state index in [1.165, 1.54) is 17.0 Å². The molecule has 2 aromatic carbocycles. The molecular formula is C17H14BNO4. The van der Waals surface area contributed by atoms with Crippen LogP contribution in [-0.4, -0.2) is 26.8 Å². The van der Waals surface area contributed by atoms with Crippen molar-refractivity contribution in [3.63, 3.8) is 0 Å². The summed E-state index contributed by atoms with van der Waals surface area (Å²) in [5, 5.41) is 28.3. The van der Waals surface area contributed by atoms with Crippen LogP contribution in [0.15, 0.2) is 71.8 Å². The lowest BCUT2D eigenvalue weighted by Crippen LogP contribution is -2.42. The van der Waals surface area contributed by atoms with Crippen LogP contribution in [0.4, 0.5) is 0 Å². The molecule has 3 N–H and O–H groups in total. The molecule has 0 saturated heterocycles. The smallest absolute Gasteiger partial charge is 0.494 e. The first-order valence-electron chi connectivity index (χ1n) is 7.03. The third-order valence-corrected chi connectivity index (χ3v) is 3.56. The molecule has 3 rings (SSSR count). The van der Waals surface area contributed by atoms with E-state index in [0.29, 0.717) is 5.69 Å². The number of nitrogens with zero attached hydrogens (tertiary/aromatic N) is 1.